The van der Waals surface area contributed by atoms with E-state index in [9.17, 15) is 0 Å². The molecule has 3 rings (SSSR count). The number of benzene rings is 1. The molecule has 2 heterocycles. The molecular formula is C14H13N3. The molecule has 1 aromatic carbocycles. The van der Waals surface area contributed by atoms with Gasteiger partial charge in [0.1, 0.15) is 6.33 Å². The van der Waals surface area contributed by atoms with Crippen LogP contribution in [-0.2, 0) is 0 Å². The van der Waals surface area contributed by atoms with Crippen LogP contribution in [-0.4, -0.2) is 9.97 Å². The Morgan fingerprint density at radius 2 is 1.65 bits per heavy atom. The molecule has 0 bridgehead atoms. The molecule has 0 aliphatic carbocycles. The molecule has 0 atom stereocenters. The molecule has 0 unspecified atom stereocenters. The van der Waals surface area contributed by atoms with Gasteiger partial charge in [0, 0.05) is 24.0 Å². The van der Waals surface area contributed by atoms with Gasteiger partial charge in [-0.2, -0.15) is 0 Å². The van der Waals surface area contributed by atoms with E-state index in [0.717, 1.165) is 10.9 Å². The first kappa shape index (κ1) is 11.1. The van der Waals surface area contributed by atoms with Crippen LogP contribution in [0.4, 0.5) is 0 Å². The van der Waals surface area contributed by atoms with Crippen molar-refractivity contribution >= 4 is 10.9 Å². The first-order valence-electron chi connectivity index (χ1n) is 5.36. The average Bonchev–Trinajstić information content (AvgIpc) is 2.72. The number of para-hydroxylation sites is 1. The second-order valence-corrected chi connectivity index (χ2v) is 3.35. The Bertz CT molecular complexity index is 477. The van der Waals surface area contributed by atoms with Crippen molar-refractivity contribution in [1.29, 1.82) is 0 Å². The van der Waals surface area contributed by atoms with Crippen molar-refractivity contribution in [3.05, 3.63) is 73.5 Å². The van der Waals surface area contributed by atoms with E-state index in [-0.39, 0.29) is 0 Å². The number of hydrogen-bond acceptors (Lipinski definition) is 3. The van der Waals surface area contributed by atoms with Crippen molar-refractivity contribution in [1.82, 2.24) is 15.3 Å². The van der Waals surface area contributed by atoms with Crippen molar-refractivity contribution in [2.75, 3.05) is 0 Å². The molecular weight excluding hydrogens is 210 g/mol. The Morgan fingerprint density at radius 1 is 0.882 bits per heavy atom. The second-order valence-electron chi connectivity index (χ2n) is 3.35. The first-order valence-corrected chi connectivity index (χ1v) is 5.36. The third kappa shape index (κ3) is 3.57. The molecule has 2 aromatic rings. The van der Waals surface area contributed by atoms with Crippen LogP contribution in [0, 0.1) is 0 Å². The van der Waals surface area contributed by atoms with Crippen LogP contribution in [0.2, 0.25) is 0 Å². The largest absolute Gasteiger partial charge is 0.368 e. The van der Waals surface area contributed by atoms with E-state index in [0.29, 0.717) is 0 Å². The van der Waals surface area contributed by atoms with E-state index in [1.807, 2.05) is 67.2 Å². The molecule has 17 heavy (non-hydrogen) atoms. The highest BCUT2D eigenvalue weighted by molar-refractivity contribution is 5.76. The minimum Gasteiger partial charge on any atom is -0.368 e. The molecule has 0 saturated carbocycles. The highest BCUT2D eigenvalue weighted by Gasteiger charge is 1.87. The smallest absolute Gasteiger partial charge is 0.116 e. The summed E-state index contributed by atoms with van der Waals surface area (Å²) in [7, 11) is 0. The lowest BCUT2D eigenvalue weighted by atomic mass is 10.2. The van der Waals surface area contributed by atoms with E-state index in [1.165, 1.54) is 0 Å². The summed E-state index contributed by atoms with van der Waals surface area (Å²) in [6, 6.07) is 7.91. The summed E-state index contributed by atoms with van der Waals surface area (Å²) < 4.78 is 0. The molecule has 0 amide bonds. The molecule has 1 N–H and O–H groups in total. The Balaban J connectivity index is 0.000000136. The van der Waals surface area contributed by atoms with Gasteiger partial charge in [0.2, 0.25) is 0 Å². The fourth-order valence-electron chi connectivity index (χ4n) is 1.33. The quantitative estimate of drug-likeness (QED) is 0.746. The van der Waals surface area contributed by atoms with Crippen LogP contribution in [0.1, 0.15) is 0 Å². The van der Waals surface area contributed by atoms with Gasteiger partial charge in [0.05, 0.1) is 5.52 Å². The molecule has 3 nitrogen and oxygen atoms in total. The molecule has 0 radical (unpaired) electrons. The second kappa shape index (κ2) is 6.23. The van der Waals surface area contributed by atoms with E-state index in [4.69, 9.17) is 0 Å². The summed E-state index contributed by atoms with van der Waals surface area (Å²) >= 11 is 0. The van der Waals surface area contributed by atoms with Crippen LogP contribution in [0.15, 0.2) is 73.5 Å². The van der Waals surface area contributed by atoms with Crippen molar-refractivity contribution in [2.45, 2.75) is 0 Å². The molecule has 0 fully saturated rings. The van der Waals surface area contributed by atoms with Crippen molar-refractivity contribution in [2.24, 2.45) is 0 Å². The predicted octanol–water partition coefficient (Wildman–Crippen LogP) is 2.80. The molecule has 1 aromatic heterocycles. The van der Waals surface area contributed by atoms with Crippen LogP contribution in [0.25, 0.3) is 10.9 Å². The minimum atomic E-state index is 0.998. The maximum absolute atomic E-state index is 4.07. The number of nitrogens with one attached hydrogen (secondary N) is 1. The molecule has 1 aliphatic heterocycles. The van der Waals surface area contributed by atoms with E-state index in [2.05, 4.69) is 15.3 Å². The fraction of sp³-hybridized carbons (Fsp3) is 0. The average molecular weight is 223 g/mol. The predicted molar refractivity (Wildman–Crippen MR) is 70.1 cm³/mol. The number of hydrogen-bond donors (Lipinski definition) is 1. The molecule has 84 valence electrons. The molecule has 1 aliphatic rings. The summed E-state index contributed by atoms with van der Waals surface area (Å²) in [4.78, 5) is 7.97. The van der Waals surface area contributed by atoms with Crippen molar-refractivity contribution in [3.8, 4) is 0 Å². The van der Waals surface area contributed by atoms with Crippen LogP contribution >= 0.6 is 0 Å². The van der Waals surface area contributed by atoms with E-state index < -0.39 is 0 Å². The Hall–Kier alpha value is -2.42. The third-order valence-electron chi connectivity index (χ3n) is 2.13. The molecule has 0 spiro atoms. The summed E-state index contributed by atoms with van der Waals surface area (Å²) in [6.45, 7) is 0. The standard InChI is InChI=1S/C8H6N2.C6H7N/c1-2-4-8-7(3-1)5-9-6-10-8;1-2-4-6-7-5-3-1/h1-6H;1-7H. The first-order chi connectivity index (χ1) is 8.47. The van der Waals surface area contributed by atoms with Gasteiger partial charge in [-0.1, -0.05) is 30.4 Å². The van der Waals surface area contributed by atoms with Gasteiger partial charge in [-0.3, -0.25) is 0 Å². The zero-order valence-electron chi connectivity index (χ0n) is 9.32. The van der Waals surface area contributed by atoms with Gasteiger partial charge in [-0.15, -0.1) is 0 Å². The maximum atomic E-state index is 4.07. The highest BCUT2D eigenvalue weighted by atomic mass is 14.8. The SMILES string of the molecule is C1=CC=CNC=C1.c1ccc2ncncc2c1. The Labute approximate surface area is 100 Å². The summed E-state index contributed by atoms with van der Waals surface area (Å²) in [5.41, 5.74) is 0.998. The van der Waals surface area contributed by atoms with E-state index in [1.54, 1.807) is 6.33 Å². The third-order valence-corrected chi connectivity index (χ3v) is 2.13. The van der Waals surface area contributed by atoms with Crippen molar-refractivity contribution < 1.29 is 0 Å². The van der Waals surface area contributed by atoms with Gasteiger partial charge >= 0.3 is 0 Å². The molecule has 0 saturated heterocycles. The highest BCUT2D eigenvalue weighted by Crippen LogP contribution is 2.06. The summed E-state index contributed by atoms with van der Waals surface area (Å²) in [5, 5.41) is 4.01. The minimum absolute atomic E-state index is 0.998. The number of nitrogens with zero attached hydrogens (tertiary/aromatic N) is 2. The van der Waals surface area contributed by atoms with Gasteiger partial charge in [0.25, 0.3) is 0 Å². The number of allylic oxidation sites excluding steroid dienone is 4. The fourth-order valence-corrected chi connectivity index (χ4v) is 1.33. The zero-order chi connectivity index (χ0) is 11.8. The van der Waals surface area contributed by atoms with Crippen LogP contribution in [0.3, 0.4) is 0 Å². The van der Waals surface area contributed by atoms with Crippen molar-refractivity contribution in [3.63, 3.8) is 0 Å². The lowest BCUT2D eigenvalue weighted by Gasteiger charge is -1.90. The van der Waals surface area contributed by atoms with Gasteiger partial charge in [0.15, 0.2) is 0 Å². The summed E-state index contributed by atoms with van der Waals surface area (Å²) in [6.07, 6.45) is 14.9. The number of rotatable bonds is 0. The lowest BCUT2D eigenvalue weighted by molar-refractivity contribution is 1.20. The van der Waals surface area contributed by atoms with E-state index >= 15 is 0 Å². The van der Waals surface area contributed by atoms with Gasteiger partial charge < -0.3 is 5.32 Å². The summed E-state index contributed by atoms with van der Waals surface area (Å²) in [5.74, 6) is 0. The van der Waals surface area contributed by atoms with Crippen LogP contribution < -0.4 is 5.32 Å². The Morgan fingerprint density at radius 3 is 2.41 bits per heavy atom. The Kier molecular flexibility index (Phi) is 4.06. The van der Waals surface area contributed by atoms with Crippen LogP contribution in [0.5, 0.6) is 0 Å². The zero-order valence-corrected chi connectivity index (χ0v) is 9.32. The van der Waals surface area contributed by atoms with Gasteiger partial charge in [-0.05, 0) is 18.2 Å². The number of aromatic nitrogens is 2. The van der Waals surface area contributed by atoms with Gasteiger partial charge in [-0.25, -0.2) is 9.97 Å². The monoisotopic (exact) mass is 223 g/mol. The molecule has 3 heteroatoms. The topological polar surface area (TPSA) is 37.8 Å². The number of fused-ring (bicyclic) bond motifs is 1. The lowest BCUT2D eigenvalue weighted by Crippen LogP contribution is -1.87. The maximum Gasteiger partial charge on any atom is 0.116 e. The normalized spacial score (nSPS) is 12.5.